The van der Waals surface area contributed by atoms with E-state index in [1.807, 2.05) is 24.1 Å². The summed E-state index contributed by atoms with van der Waals surface area (Å²) in [7, 11) is 3.59. The minimum atomic E-state index is 0.115. The van der Waals surface area contributed by atoms with Crippen molar-refractivity contribution in [2.45, 2.75) is 6.42 Å². The van der Waals surface area contributed by atoms with E-state index >= 15 is 0 Å². The number of carbonyl (C=O) groups excluding carboxylic acids is 1. The van der Waals surface area contributed by atoms with Crippen LogP contribution in [0.5, 0.6) is 0 Å². The third-order valence-electron chi connectivity index (χ3n) is 3.49. The Morgan fingerprint density at radius 2 is 2.29 bits per heavy atom. The van der Waals surface area contributed by atoms with Crippen molar-refractivity contribution in [3.63, 3.8) is 0 Å². The van der Waals surface area contributed by atoms with Gasteiger partial charge in [-0.15, -0.1) is 5.10 Å². The van der Waals surface area contributed by atoms with Gasteiger partial charge in [-0.2, -0.15) is 5.10 Å². The van der Waals surface area contributed by atoms with E-state index in [-0.39, 0.29) is 11.8 Å². The molecular weight excluding hydrogens is 270 g/mol. The van der Waals surface area contributed by atoms with Gasteiger partial charge in [0.15, 0.2) is 0 Å². The van der Waals surface area contributed by atoms with Crippen LogP contribution in [0.3, 0.4) is 0 Å². The number of nitrogens with zero attached hydrogens (tertiary/aromatic N) is 3. The summed E-state index contributed by atoms with van der Waals surface area (Å²) in [5, 5.41) is 14.1. The van der Waals surface area contributed by atoms with E-state index in [2.05, 4.69) is 20.8 Å². The molecule has 1 amide bonds. The summed E-state index contributed by atoms with van der Waals surface area (Å²) < 4.78 is 5.61. The van der Waals surface area contributed by atoms with Crippen LogP contribution in [-0.2, 0) is 16.0 Å². The quantitative estimate of drug-likeness (QED) is 0.780. The third kappa shape index (κ3) is 4.64. The van der Waals surface area contributed by atoms with Crippen molar-refractivity contribution < 1.29 is 9.53 Å². The molecule has 1 aliphatic heterocycles. The van der Waals surface area contributed by atoms with E-state index < -0.39 is 0 Å². The van der Waals surface area contributed by atoms with Gasteiger partial charge in [0.1, 0.15) is 5.82 Å². The van der Waals surface area contributed by atoms with Crippen LogP contribution < -0.4 is 10.6 Å². The average molecular weight is 293 g/mol. The molecule has 0 radical (unpaired) electrons. The molecule has 0 aromatic carbocycles. The highest BCUT2D eigenvalue weighted by Crippen LogP contribution is 2.13. The highest BCUT2D eigenvalue weighted by Gasteiger charge is 2.22. The summed E-state index contributed by atoms with van der Waals surface area (Å²) in [5.41, 5.74) is 0.922. The second-order valence-corrected chi connectivity index (χ2v) is 5.18. The van der Waals surface area contributed by atoms with Gasteiger partial charge in [-0.1, -0.05) is 0 Å². The topological polar surface area (TPSA) is 79.4 Å². The number of nitrogens with one attached hydrogen (secondary N) is 2. The second-order valence-electron chi connectivity index (χ2n) is 5.18. The van der Waals surface area contributed by atoms with E-state index in [4.69, 9.17) is 4.74 Å². The molecule has 0 bridgehead atoms. The fraction of sp³-hybridized carbons (Fsp3) is 0.643. The SMILES string of the molecule is CNCC(=O)N1CCOCC(Cc2ccc(NC)nn2)C1. The molecule has 116 valence electrons. The zero-order valence-electron chi connectivity index (χ0n) is 12.6. The summed E-state index contributed by atoms with van der Waals surface area (Å²) >= 11 is 0. The van der Waals surface area contributed by atoms with Gasteiger partial charge < -0.3 is 20.3 Å². The van der Waals surface area contributed by atoms with Gasteiger partial charge in [-0.05, 0) is 25.6 Å². The van der Waals surface area contributed by atoms with Crippen LogP contribution >= 0.6 is 0 Å². The third-order valence-corrected chi connectivity index (χ3v) is 3.49. The first kappa shape index (κ1) is 15.7. The zero-order chi connectivity index (χ0) is 15.1. The lowest BCUT2D eigenvalue weighted by Gasteiger charge is -2.23. The van der Waals surface area contributed by atoms with Crippen molar-refractivity contribution in [1.82, 2.24) is 20.4 Å². The molecule has 1 aromatic heterocycles. The number of rotatable bonds is 5. The number of likely N-dealkylation sites (N-methyl/N-ethyl adjacent to an activating group) is 1. The van der Waals surface area contributed by atoms with Gasteiger partial charge in [0.05, 0.1) is 25.5 Å². The lowest BCUT2D eigenvalue weighted by atomic mass is 10.0. The molecule has 0 spiro atoms. The van der Waals surface area contributed by atoms with Crippen LogP contribution in [0.1, 0.15) is 5.69 Å². The number of amides is 1. The Labute approximate surface area is 125 Å². The van der Waals surface area contributed by atoms with Crippen LogP contribution in [0.15, 0.2) is 12.1 Å². The molecule has 7 heteroatoms. The summed E-state index contributed by atoms with van der Waals surface area (Å²) in [6.45, 7) is 2.97. The number of aromatic nitrogens is 2. The summed E-state index contributed by atoms with van der Waals surface area (Å²) in [5.74, 6) is 1.12. The summed E-state index contributed by atoms with van der Waals surface area (Å²) in [6.07, 6.45) is 0.764. The van der Waals surface area contributed by atoms with Crippen LogP contribution in [0.4, 0.5) is 5.82 Å². The van der Waals surface area contributed by atoms with Crippen molar-refractivity contribution >= 4 is 11.7 Å². The van der Waals surface area contributed by atoms with E-state index in [9.17, 15) is 4.79 Å². The second kappa shape index (κ2) is 7.90. The van der Waals surface area contributed by atoms with Crippen LogP contribution in [0.2, 0.25) is 0 Å². The van der Waals surface area contributed by atoms with Crippen LogP contribution in [-0.4, -0.2) is 67.9 Å². The highest BCUT2D eigenvalue weighted by molar-refractivity contribution is 5.78. The summed E-state index contributed by atoms with van der Waals surface area (Å²) in [6, 6.07) is 3.87. The molecule has 1 aromatic rings. The number of hydrogen-bond donors (Lipinski definition) is 2. The number of ether oxygens (including phenoxy) is 1. The van der Waals surface area contributed by atoms with Gasteiger partial charge in [0, 0.05) is 26.1 Å². The van der Waals surface area contributed by atoms with E-state index in [0.717, 1.165) is 17.9 Å². The van der Waals surface area contributed by atoms with Gasteiger partial charge >= 0.3 is 0 Å². The van der Waals surface area contributed by atoms with Crippen molar-refractivity contribution in [3.05, 3.63) is 17.8 Å². The maximum absolute atomic E-state index is 12.0. The van der Waals surface area contributed by atoms with E-state index in [1.165, 1.54) is 0 Å². The molecular formula is C14H23N5O2. The Kier molecular flexibility index (Phi) is 5.89. The Morgan fingerprint density at radius 3 is 2.95 bits per heavy atom. The van der Waals surface area contributed by atoms with Gasteiger partial charge in [0.2, 0.25) is 5.91 Å². The monoisotopic (exact) mass is 293 g/mol. The zero-order valence-corrected chi connectivity index (χ0v) is 12.6. The molecule has 7 nitrogen and oxygen atoms in total. The number of hydrogen-bond acceptors (Lipinski definition) is 6. The molecule has 0 aliphatic carbocycles. The lowest BCUT2D eigenvalue weighted by Crippen LogP contribution is -2.40. The first-order chi connectivity index (χ1) is 10.2. The molecule has 21 heavy (non-hydrogen) atoms. The largest absolute Gasteiger partial charge is 0.379 e. The molecule has 2 heterocycles. The Hall–Kier alpha value is -1.73. The normalized spacial score (nSPS) is 19.1. The first-order valence-corrected chi connectivity index (χ1v) is 7.23. The van der Waals surface area contributed by atoms with Crippen molar-refractivity contribution in [1.29, 1.82) is 0 Å². The maximum atomic E-state index is 12.0. The highest BCUT2D eigenvalue weighted by atomic mass is 16.5. The molecule has 1 unspecified atom stereocenters. The molecule has 2 rings (SSSR count). The van der Waals surface area contributed by atoms with E-state index in [1.54, 1.807) is 7.05 Å². The van der Waals surface area contributed by atoms with Gasteiger partial charge in [-0.25, -0.2) is 0 Å². The predicted octanol–water partition coefficient (Wildman–Crippen LogP) is -0.245. The maximum Gasteiger partial charge on any atom is 0.236 e. The van der Waals surface area contributed by atoms with Crippen LogP contribution in [0, 0.1) is 5.92 Å². The van der Waals surface area contributed by atoms with Crippen molar-refractivity contribution in [3.8, 4) is 0 Å². The smallest absolute Gasteiger partial charge is 0.236 e. The number of anilines is 1. The molecule has 1 fully saturated rings. The molecule has 1 aliphatic rings. The van der Waals surface area contributed by atoms with Crippen molar-refractivity contribution in [2.24, 2.45) is 5.92 Å². The lowest BCUT2D eigenvalue weighted by molar-refractivity contribution is -0.130. The van der Waals surface area contributed by atoms with Crippen molar-refractivity contribution in [2.75, 3.05) is 52.3 Å². The van der Waals surface area contributed by atoms with Gasteiger partial charge in [0.25, 0.3) is 0 Å². The summed E-state index contributed by atoms with van der Waals surface area (Å²) in [4.78, 5) is 13.9. The Balaban J connectivity index is 1.95. The Morgan fingerprint density at radius 1 is 1.43 bits per heavy atom. The molecule has 1 saturated heterocycles. The first-order valence-electron chi connectivity index (χ1n) is 7.23. The van der Waals surface area contributed by atoms with Gasteiger partial charge in [-0.3, -0.25) is 4.79 Å². The number of carbonyl (C=O) groups is 1. The minimum Gasteiger partial charge on any atom is -0.379 e. The predicted molar refractivity (Wildman–Crippen MR) is 80.1 cm³/mol. The fourth-order valence-corrected chi connectivity index (χ4v) is 2.39. The van der Waals surface area contributed by atoms with E-state index in [0.29, 0.717) is 32.8 Å². The standard InChI is InChI=1S/C14H23N5O2/c1-15-8-14(20)19-5-6-21-10-11(9-19)7-12-3-4-13(16-2)18-17-12/h3-4,11,15H,5-10H2,1-2H3,(H,16,18). The molecule has 2 N–H and O–H groups in total. The minimum absolute atomic E-state index is 0.115. The average Bonchev–Trinajstić information content (AvgIpc) is 2.74. The molecule has 1 atom stereocenters. The Bertz CT molecular complexity index is 451. The fourth-order valence-electron chi connectivity index (χ4n) is 2.39. The molecule has 0 saturated carbocycles. The van der Waals surface area contributed by atoms with Crippen LogP contribution in [0.25, 0.3) is 0 Å².